The second-order valence-electron chi connectivity index (χ2n) is 3.35. The molecule has 1 rings (SSSR count). The molecule has 0 aliphatic rings. The van der Waals surface area contributed by atoms with Crippen LogP contribution in [0.3, 0.4) is 0 Å². The Bertz CT molecular complexity index is 355. The highest BCUT2D eigenvalue weighted by atomic mass is 15.0. The largest absolute Gasteiger partial charge is 0.382 e. The first-order valence-electron chi connectivity index (χ1n) is 4.64. The zero-order valence-electron chi connectivity index (χ0n) is 8.70. The van der Waals surface area contributed by atoms with Crippen molar-refractivity contribution in [2.24, 2.45) is 0 Å². The Morgan fingerprint density at radius 1 is 1.50 bits per heavy atom. The van der Waals surface area contributed by atoms with Gasteiger partial charge >= 0.3 is 0 Å². The number of aryl methyl sites for hydroxylation is 1. The molecule has 1 heterocycles. The molecule has 0 saturated heterocycles. The van der Waals surface area contributed by atoms with E-state index in [-0.39, 0.29) is 11.7 Å². The van der Waals surface area contributed by atoms with Crippen molar-refractivity contribution in [3.05, 3.63) is 17.1 Å². The molecular weight excluding hydrogens is 176 g/mol. The van der Waals surface area contributed by atoms with Gasteiger partial charge in [-0.2, -0.15) is 5.26 Å². The van der Waals surface area contributed by atoms with Crippen molar-refractivity contribution < 1.29 is 0 Å². The smallest absolute Gasteiger partial charge is 0.145 e. The van der Waals surface area contributed by atoms with Gasteiger partial charge in [-0.25, -0.2) is 9.97 Å². The van der Waals surface area contributed by atoms with Crippen LogP contribution >= 0.6 is 0 Å². The monoisotopic (exact) mass is 190 g/mol. The highest BCUT2D eigenvalue weighted by Gasteiger charge is 2.12. The Kier molecular flexibility index (Phi) is 3.03. The zero-order chi connectivity index (χ0) is 10.7. The Morgan fingerprint density at radius 2 is 2.14 bits per heavy atom. The summed E-state index contributed by atoms with van der Waals surface area (Å²) in [7, 11) is 0. The molecule has 2 N–H and O–H groups in total. The van der Waals surface area contributed by atoms with E-state index in [0.717, 1.165) is 12.2 Å². The molecule has 0 bridgehead atoms. The van der Waals surface area contributed by atoms with Crippen molar-refractivity contribution >= 4 is 5.82 Å². The molecule has 1 unspecified atom stereocenters. The summed E-state index contributed by atoms with van der Waals surface area (Å²) in [5, 5.41) is 8.78. The Labute approximate surface area is 83.8 Å². The Balaban J connectivity index is 3.22. The molecule has 1 atom stereocenters. The summed E-state index contributed by atoms with van der Waals surface area (Å²) in [6.45, 7) is 5.89. The number of hydrogen-bond acceptors (Lipinski definition) is 4. The van der Waals surface area contributed by atoms with Gasteiger partial charge in [0, 0.05) is 5.92 Å². The summed E-state index contributed by atoms with van der Waals surface area (Å²) in [6, 6.07) is 2.00. The fourth-order valence-electron chi connectivity index (χ4n) is 1.16. The second kappa shape index (κ2) is 4.05. The molecule has 0 aliphatic heterocycles. The molecule has 4 heteroatoms. The van der Waals surface area contributed by atoms with Gasteiger partial charge in [-0.15, -0.1) is 0 Å². The second-order valence-corrected chi connectivity index (χ2v) is 3.35. The Morgan fingerprint density at radius 3 is 2.57 bits per heavy atom. The van der Waals surface area contributed by atoms with E-state index in [0.29, 0.717) is 11.3 Å². The van der Waals surface area contributed by atoms with Crippen molar-refractivity contribution in [3.8, 4) is 6.07 Å². The van der Waals surface area contributed by atoms with Crippen LogP contribution in [-0.4, -0.2) is 9.97 Å². The molecule has 0 fully saturated rings. The molecule has 14 heavy (non-hydrogen) atoms. The van der Waals surface area contributed by atoms with Gasteiger partial charge in [0.15, 0.2) is 0 Å². The van der Waals surface area contributed by atoms with E-state index < -0.39 is 0 Å². The molecule has 0 aliphatic carbocycles. The van der Waals surface area contributed by atoms with E-state index in [1.165, 1.54) is 0 Å². The van der Waals surface area contributed by atoms with Gasteiger partial charge in [0.1, 0.15) is 23.3 Å². The van der Waals surface area contributed by atoms with Gasteiger partial charge in [0.2, 0.25) is 0 Å². The number of nitrogen functional groups attached to an aromatic ring is 1. The van der Waals surface area contributed by atoms with E-state index in [9.17, 15) is 0 Å². The van der Waals surface area contributed by atoms with Crippen LogP contribution in [0, 0.1) is 18.3 Å². The third-order valence-electron chi connectivity index (χ3n) is 2.30. The summed E-state index contributed by atoms with van der Waals surface area (Å²) >= 11 is 0. The highest BCUT2D eigenvalue weighted by Crippen LogP contribution is 2.18. The summed E-state index contributed by atoms with van der Waals surface area (Å²) in [5.41, 5.74) is 6.70. The van der Waals surface area contributed by atoms with Crippen molar-refractivity contribution in [2.75, 3.05) is 5.73 Å². The highest BCUT2D eigenvalue weighted by molar-refractivity contribution is 5.50. The lowest BCUT2D eigenvalue weighted by molar-refractivity contribution is 0.675. The molecule has 0 radical (unpaired) electrons. The first kappa shape index (κ1) is 10.5. The minimum Gasteiger partial charge on any atom is -0.382 e. The zero-order valence-corrected chi connectivity index (χ0v) is 8.70. The molecular formula is C10H14N4. The fraction of sp³-hybridized carbons (Fsp3) is 0.500. The quantitative estimate of drug-likeness (QED) is 0.770. The summed E-state index contributed by atoms with van der Waals surface area (Å²) in [5.74, 6) is 1.29. The fourth-order valence-corrected chi connectivity index (χ4v) is 1.16. The maximum absolute atomic E-state index is 8.78. The molecule has 0 spiro atoms. The molecule has 0 saturated carbocycles. The van der Waals surface area contributed by atoms with Gasteiger partial charge < -0.3 is 5.73 Å². The van der Waals surface area contributed by atoms with E-state index in [4.69, 9.17) is 11.0 Å². The van der Waals surface area contributed by atoms with Gasteiger partial charge in [-0.1, -0.05) is 13.8 Å². The SMILES string of the molecule is CCC(C)c1nc(C)c(C#N)c(N)n1. The minimum atomic E-state index is 0.281. The van der Waals surface area contributed by atoms with E-state index in [1.54, 1.807) is 6.92 Å². The maximum Gasteiger partial charge on any atom is 0.145 e. The number of hydrogen-bond donors (Lipinski definition) is 1. The van der Waals surface area contributed by atoms with Crippen molar-refractivity contribution in [3.63, 3.8) is 0 Å². The molecule has 1 aromatic heterocycles. The van der Waals surface area contributed by atoms with Crippen LogP contribution in [-0.2, 0) is 0 Å². The van der Waals surface area contributed by atoms with Crippen LogP contribution in [0.5, 0.6) is 0 Å². The topological polar surface area (TPSA) is 75.6 Å². The standard InChI is InChI=1S/C10H14N4/c1-4-6(2)10-13-7(3)8(5-11)9(12)14-10/h6H,4H2,1-3H3,(H2,12,13,14). The van der Waals surface area contributed by atoms with E-state index in [2.05, 4.69) is 16.9 Å². The Hall–Kier alpha value is -1.63. The third kappa shape index (κ3) is 1.82. The average Bonchev–Trinajstić information content (AvgIpc) is 2.16. The lowest BCUT2D eigenvalue weighted by Crippen LogP contribution is -2.07. The number of nitrogens with two attached hydrogens (primary N) is 1. The summed E-state index contributed by atoms with van der Waals surface area (Å²) < 4.78 is 0. The molecule has 1 aromatic rings. The van der Waals surface area contributed by atoms with Crippen LogP contribution in [0.1, 0.15) is 43.3 Å². The number of rotatable bonds is 2. The molecule has 0 amide bonds. The van der Waals surface area contributed by atoms with Crippen molar-refractivity contribution in [1.29, 1.82) is 5.26 Å². The predicted molar refractivity (Wildman–Crippen MR) is 54.6 cm³/mol. The predicted octanol–water partition coefficient (Wildman–Crippen LogP) is 1.75. The average molecular weight is 190 g/mol. The van der Waals surface area contributed by atoms with Crippen LogP contribution in [0.25, 0.3) is 0 Å². The molecule has 4 nitrogen and oxygen atoms in total. The first-order valence-corrected chi connectivity index (χ1v) is 4.64. The van der Waals surface area contributed by atoms with Crippen LogP contribution in [0.4, 0.5) is 5.82 Å². The lowest BCUT2D eigenvalue weighted by Gasteiger charge is -2.09. The minimum absolute atomic E-state index is 0.281. The van der Waals surface area contributed by atoms with Crippen LogP contribution < -0.4 is 5.73 Å². The summed E-state index contributed by atoms with van der Waals surface area (Å²) in [4.78, 5) is 8.38. The molecule has 74 valence electrons. The third-order valence-corrected chi connectivity index (χ3v) is 2.30. The van der Waals surface area contributed by atoms with Gasteiger partial charge in [0.05, 0.1) is 5.69 Å². The van der Waals surface area contributed by atoms with Gasteiger partial charge in [0.25, 0.3) is 0 Å². The molecule has 0 aromatic carbocycles. The lowest BCUT2D eigenvalue weighted by atomic mass is 10.1. The maximum atomic E-state index is 8.78. The summed E-state index contributed by atoms with van der Waals surface area (Å²) in [6.07, 6.45) is 0.963. The van der Waals surface area contributed by atoms with Crippen molar-refractivity contribution in [1.82, 2.24) is 9.97 Å². The van der Waals surface area contributed by atoms with Gasteiger partial charge in [-0.05, 0) is 13.3 Å². The van der Waals surface area contributed by atoms with E-state index >= 15 is 0 Å². The normalized spacial score (nSPS) is 12.1. The van der Waals surface area contributed by atoms with Crippen LogP contribution in [0.2, 0.25) is 0 Å². The number of nitriles is 1. The number of aromatic nitrogens is 2. The first-order chi connectivity index (χ1) is 6.60. The van der Waals surface area contributed by atoms with Gasteiger partial charge in [-0.3, -0.25) is 0 Å². The van der Waals surface area contributed by atoms with Crippen LogP contribution in [0.15, 0.2) is 0 Å². The van der Waals surface area contributed by atoms with Crippen molar-refractivity contribution in [2.45, 2.75) is 33.1 Å². The number of nitrogens with zero attached hydrogens (tertiary/aromatic N) is 3. The number of anilines is 1. The van der Waals surface area contributed by atoms with E-state index in [1.807, 2.05) is 13.0 Å².